The maximum absolute atomic E-state index is 14.5. The molecule has 5 N–H and O–H groups in total. The highest BCUT2D eigenvalue weighted by atomic mass is 19.4. The molecule has 0 saturated heterocycles. The number of aromatic nitrogens is 3. The molecule has 202 valence electrons. The Morgan fingerprint density at radius 2 is 1.90 bits per heavy atom. The van der Waals surface area contributed by atoms with E-state index in [4.69, 9.17) is 10.5 Å². The van der Waals surface area contributed by atoms with Crippen molar-refractivity contribution in [1.82, 2.24) is 20.5 Å². The van der Waals surface area contributed by atoms with Crippen LogP contribution < -0.4 is 15.8 Å². The van der Waals surface area contributed by atoms with Crippen molar-refractivity contribution in [2.24, 2.45) is 5.73 Å². The lowest BCUT2D eigenvalue weighted by atomic mass is 9.81. The normalized spacial score (nSPS) is 18.3. The van der Waals surface area contributed by atoms with E-state index < -0.39 is 47.1 Å². The Labute approximate surface area is 218 Å². The molecule has 2 amide bonds. The quantitative estimate of drug-likeness (QED) is 0.275. The fourth-order valence-corrected chi connectivity index (χ4v) is 4.33. The summed E-state index contributed by atoms with van der Waals surface area (Å²) < 4.78 is 62.6. The summed E-state index contributed by atoms with van der Waals surface area (Å²) in [5.74, 6) is -2.38. The zero-order valence-corrected chi connectivity index (χ0v) is 20.3. The average molecular weight is 543 g/mol. The number of fused-ring (bicyclic) bond motifs is 2. The van der Waals surface area contributed by atoms with Crippen LogP contribution in [-0.2, 0) is 15.8 Å². The Kier molecular flexibility index (Phi) is 6.06. The molecule has 39 heavy (non-hydrogen) atoms. The molecule has 2 atom stereocenters. The number of pyridine rings is 1. The van der Waals surface area contributed by atoms with E-state index in [9.17, 15) is 32.3 Å². The van der Waals surface area contributed by atoms with Crippen LogP contribution in [0.4, 0.5) is 17.6 Å². The number of halogens is 4. The highest BCUT2D eigenvalue weighted by Gasteiger charge is 2.57. The number of nitrogens with two attached hydrogens (primary N) is 1. The van der Waals surface area contributed by atoms with Crippen molar-refractivity contribution >= 4 is 22.7 Å². The lowest BCUT2D eigenvalue weighted by molar-refractivity contribution is -0.265. The summed E-state index contributed by atoms with van der Waals surface area (Å²) in [5, 5.41) is 20.3. The number of aromatic amines is 1. The number of carbonyl (C=O) groups is 2. The maximum atomic E-state index is 14.5. The fourth-order valence-electron chi connectivity index (χ4n) is 4.33. The number of hydrogen-bond donors (Lipinski definition) is 4. The van der Waals surface area contributed by atoms with Gasteiger partial charge in [0.1, 0.15) is 29.3 Å². The first-order valence-corrected chi connectivity index (χ1v) is 11.6. The van der Waals surface area contributed by atoms with Crippen LogP contribution in [0.2, 0.25) is 0 Å². The van der Waals surface area contributed by atoms with Crippen molar-refractivity contribution in [3.8, 4) is 17.0 Å². The third-order valence-electron chi connectivity index (χ3n) is 6.83. The lowest BCUT2D eigenvalue weighted by Gasteiger charge is -2.31. The lowest BCUT2D eigenvalue weighted by Crippen LogP contribution is -2.51. The fraction of sp³-hybridized carbons (Fsp3) is 0.231. The van der Waals surface area contributed by atoms with Crippen molar-refractivity contribution in [3.63, 3.8) is 0 Å². The number of aliphatic hydroxyl groups is 1. The van der Waals surface area contributed by atoms with E-state index in [-0.39, 0.29) is 34.7 Å². The second-order valence-electron chi connectivity index (χ2n) is 9.44. The van der Waals surface area contributed by atoms with E-state index in [0.717, 1.165) is 18.2 Å². The summed E-state index contributed by atoms with van der Waals surface area (Å²) >= 11 is 0. The molecule has 1 unspecified atom stereocenters. The number of amides is 2. The second kappa shape index (κ2) is 9.05. The van der Waals surface area contributed by atoms with Gasteiger partial charge < -0.3 is 20.9 Å². The summed E-state index contributed by atoms with van der Waals surface area (Å²) in [5.41, 5.74) is 0.0608. The van der Waals surface area contributed by atoms with Gasteiger partial charge in [-0.3, -0.25) is 14.7 Å². The first kappa shape index (κ1) is 26.1. The van der Waals surface area contributed by atoms with Crippen LogP contribution in [0.5, 0.6) is 5.75 Å². The molecule has 2 aromatic heterocycles. The van der Waals surface area contributed by atoms with Gasteiger partial charge in [-0.1, -0.05) is 0 Å². The van der Waals surface area contributed by atoms with Gasteiger partial charge in [-0.25, -0.2) is 9.37 Å². The van der Waals surface area contributed by atoms with E-state index in [2.05, 4.69) is 20.5 Å². The molecule has 4 aromatic rings. The van der Waals surface area contributed by atoms with Gasteiger partial charge in [0.25, 0.3) is 5.91 Å². The van der Waals surface area contributed by atoms with Crippen LogP contribution in [0.3, 0.4) is 0 Å². The molecule has 0 aliphatic carbocycles. The minimum absolute atomic E-state index is 0.0198. The number of primary amides is 1. The molecule has 9 nitrogen and oxygen atoms in total. The van der Waals surface area contributed by atoms with Crippen LogP contribution in [0.1, 0.15) is 28.5 Å². The van der Waals surface area contributed by atoms with Gasteiger partial charge in [-0.15, -0.1) is 0 Å². The van der Waals surface area contributed by atoms with Crippen LogP contribution >= 0.6 is 0 Å². The first-order valence-electron chi connectivity index (χ1n) is 11.6. The van der Waals surface area contributed by atoms with Crippen LogP contribution in [0.25, 0.3) is 22.2 Å². The Balaban J connectivity index is 1.59. The first-order chi connectivity index (χ1) is 18.3. The van der Waals surface area contributed by atoms with Gasteiger partial charge in [-0.2, -0.15) is 18.3 Å². The number of benzene rings is 2. The zero-order valence-electron chi connectivity index (χ0n) is 20.3. The molecular weight excluding hydrogens is 522 g/mol. The van der Waals surface area contributed by atoms with Gasteiger partial charge in [-0.05, 0) is 55.5 Å². The van der Waals surface area contributed by atoms with Crippen molar-refractivity contribution < 1.29 is 37.0 Å². The molecule has 0 bridgehead atoms. The number of H-pyrrole nitrogens is 1. The molecule has 5 rings (SSSR count). The molecular formula is C26H21F4N5O4. The predicted octanol–water partition coefficient (Wildman–Crippen LogP) is 3.08. The Morgan fingerprint density at radius 3 is 2.56 bits per heavy atom. The summed E-state index contributed by atoms with van der Waals surface area (Å²) in [6.45, 7) is -0.198. The Bertz CT molecular complexity index is 1600. The molecule has 3 heterocycles. The summed E-state index contributed by atoms with van der Waals surface area (Å²) in [6.07, 6.45) is -3.87. The van der Waals surface area contributed by atoms with Gasteiger partial charge >= 0.3 is 6.18 Å². The SMILES string of the molecule is C[C@]1(C(N)=O)COc2c1cc(C(O)(CNC(=O)c1ccc3[nH]ncc3c1)C(F)(F)F)nc2-c1ccc(F)cc1. The predicted molar refractivity (Wildman–Crippen MR) is 130 cm³/mol. The highest BCUT2D eigenvalue weighted by molar-refractivity contribution is 5.98. The summed E-state index contributed by atoms with van der Waals surface area (Å²) in [6, 6.07) is 9.94. The standard InChI is InChI=1S/C26H21F4N5O4/c1-24(23(31)37)12-39-21-17(24)9-19(34-20(21)13-2-5-16(27)6-3-13)25(38,26(28,29)30)11-32-22(36)14-4-7-18-15(8-14)10-33-35-18/h2-10,38H,11-12H2,1H3,(H2,31,37)(H,32,36)(H,33,35)/t24-,25?/m0/s1. The maximum Gasteiger partial charge on any atom is 0.424 e. The monoisotopic (exact) mass is 543 g/mol. The third kappa shape index (κ3) is 4.34. The number of nitrogens with one attached hydrogen (secondary N) is 2. The topological polar surface area (TPSA) is 143 Å². The molecule has 0 spiro atoms. The smallest absolute Gasteiger partial charge is 0.424 e. The van der Waals surface area contributed by atoms with Crippen molar-refractivity contribution in [3.05, 3.63) is 77.4 Å². The number of ether oxygens (including phenoxy) is 1. The van der Waals surface area contributed by atoms with Crippen molar-refractivity contribution in [1.29, 1.82) is 0 Å². The van der Waals surface area contributed by atoms with E-state index in [0.29, 0.717) is 10.9 Å². The summed E-state index contributed by atoms with van der Waals surface area (Å²) in [4.78, 5) is 29.1. The van der Waals surface area contributed by atoms with Gasteiger partial charge in [0.05, 0.1) is 24.0 Å². The molecule has 1 aliphatic heterocycles. The Hall–Kier alpha value is -4.52. The van der Waals surface area contributed by atoms with E-state index in [1.165, 1.54) is 43.5 Å². The minimum Gasteiger partial charge on any atom is -0.489 e. The molecule has 1 aliphatic rings. The number of rotatable bonds is 6. The molecule has 0 saturated carbocycles. The summed E-state index contributed by atoms with van der Waals surface area (Å²) in [7, 11) is 0. The number of carbonyl (C=O) groups excluding carboxylic acids is 2. The van der Waals surface area contributed by atoms with Crippen LogP contribution in [0, 0.1) is 5.82 Å². The molecule has 0 fully saturated rings. The molecule has 2 aromatic carbocycles. The largest absolute Gasteiger partial charge is 0.489 e. The van der Waals surface area contributed by atoms with E-state index in [1.807, 2.05) is 0 Å². The third-order valence-corrected chi connectivity index (χ3v) is 6.83. The van der Waals surface area contributed by atoms with Gasteiger partial charge in [0, 0.05) is 22.1 Å². The molecule has 0 radical (unpaired) electrons. The van der Waals surface area contributed by atoms with Crippen molar-refractivity contribution in [2.45, 2.75) is 24.1 Å². The van der Waals surface area contributed by atoms with E-state index in [1.54, 1.807) is 0 Å². The molecule has 13 heteroatoms. The highest BCUT2D eigenvalue weighted by Crippen LogP contribution is 2.47. The number of alkyl halides is 3. The number of hydrogen-bond acceptors (Lipinski definition) is 6. The van der Waals surface area contributed by atoms with E-state index >= 15 is 0 Å². The van der Waals surface area contributed by atoms with Crippen LogP contribution in [0.15, 0.2) is 54.7 Å². The Morgan fingerprint density at radius 1 is 1.18 bits per heavy atom. The zero-order chi connectivity index (χ0) is 28.2. The van der Waals surface area contributed by atoms with Gasteiger partial charge in [0.2, 0.25) is 11.5 Å². The van der Waals surface area contributed by atoms with Crippen LogP contribution in [-0.4, -0.2) is 51.4 Å². The number of nitrogens with zero attached hydrogens (tertiary/aromatic N) is 2. The average Bonchev–Trinajstić information content (AvgIpc) is 3.51. The van der Waals surface area contributed by atoms with Gasteiger partial charge in [0.15, 0.2) is 0 Å². The second-order valence-corrected chi connectivity index (χ2v) is 9.44. The van der Waals surface area contributed by atoms with Crippen molar-refractivity contribution in [2.75, 3.05) is 13.2 Å². The minimum atomic E-state index is -5.32.